The number of benzene rings is 2. The second kappa shape index (κ2) is 13.5. The molecular formula is C39H53N3O4. The Bertz CT molecular complexity index is 1440. The first-order valence-electron chi connectivity index (χ1n) is 17.5. The first-order valence-corrected chi connectivity index (χ1v) is 17.5. The predicted molar refractivity (Wildman–Crippen MR) is 183 cm³/mol. The van der Waals surface area contributed by atoms with Crippen LogP contribution >= 0.6 is 0 Å². The van der Waals surface area contributed by atoms with Crippen LogP contribution in [0.25, 0.3) is 0 Å². The molecule has 0 spiro atoms. The second-order valence-corrected chi connectivity index (χ2v) is 14.7. The lowest BCUT2D eigenvalue weighted by Gasteiger charge is -2.57. The number of aliphatic hydroxyl groups excluding tert-OH is 1. The Labute approximate surface area is 275 Å². The smallest absolute Gasteiger partial charge is 0.254 e. The average molecular weight is 628 g/mol. The molecule has 0 aromatic heterocycles. The number of hydrogen-bond acceptors (Lipinski definition) is 6. The van der Waals surface area contributed by atoms with E-state index < -0.39 is 0 Å². The van der Waals surface area contributed by atoms with E-state index in [0.717, 1.165) is 61.3 Å². The normalized spacial score (nSPS) is 32.4. The zero-order valence-corrected chi connectivity index (χ0v) is 28.4. The highest BCUT2D eigenvalue weighted by molar-refractivity contribution is 5.97. The fraction of sp³-hybridized carbons (Fsp3) is 0.590. The maximum atomic E-state index is 13.2. The number of methoxy groups -OCH3 is 2. The lowest BCUT2D eigenvalue weighted by molar-refractivity contribution is -0.120. The minimum absolute atomic E-state index is 0.0753. The maximum absolute atomic E-state index is 13.2. The van der Waals surface area contributed by atoms with Gasteiger partial charge < -0.3 is 19.9 Å². The standard InChI is InChI=1S/C39H53N3O4/c1-6-31(25-7-12-29(45-4)13-8-25)37(26-9-14-30(46-5)15-10-26)40-24-36(44)42-41-28-19-21-38(2)27(23-28)11-16-32-33-17-18-35(43)39(33,3)22-20-34(32)38/h7-10,12-15,23,31-35,37,40,43H,6,11,16-22,24H2,1-5H3,(H,42,44). The number of hydrazone groups is 1. The van der Waals surface area contributed by atoms with Gasteiger partial charge in [0.25, 0.3) is 5.91 Å². The van der Waals surface area contributed by atoms with E-state index in [1.165, 1.54) is 30.4 Å². The molecule has 3 N–H and O–H groups in total. The molecule has 2 aromatic carbocycles. The molecule has 7 heteroatoms. The van der Waals surface area contributed by atoms with E-state index in [1.54, 1.807) is 14.2 Å². The highest BCUT2D eigenvalue weighted by Crippen LogP contribution is 2.65. The quantitative estimate of drug-likeness (QED) is 0.240. The number of carbonyl (C=O) groups excluding carboxylic acids is 1. The van der Waals surface area contributed by atoms with Gasteiger partial charge in [-0.15, -0.1) is 0 Å². The Balaban J connectivity index is 1.12. The molecule has 0 aliphatic heterocycles. The van der Waals surface area contributed by atoms with Crippen molar-refractivity contribution in [3.05, 3.63) is 71.3 Å². The third-order valence-electron chi connectivity index (χ3n) is 12.6. The summed E-state index contributed by atoms with van der Waals surface area (Å²) in [5.74, 6) is 3.69. The highest BCUT2D eigenvalue weighted by Gasteiger charge is 2.58. The van der Waals surface area contributed by atoms with Crippen molar-refractivity contribution in [1.82, 2.24) is 10.7 Å². The fourth-order valence-electron chi connectivity index (χ4n) is 9.83. The van der Waals surface area contributed by atoms with Gasteiger partial charge in [0.05, 0.1) is 32.6 Å². The molecular weight excluding hydrogens is 574 g/mol. The van der Waals surface area contributed by atoms with Crippen LogP contribution in [0, 0.1) is 28.6 Å². The number of amides is 1. The Morgan fingerprint density at radius 3 is 2.24 bits per heavy atom. The summed E-state index contributed by atoms with van der Waals surface area (Å²) >= 11 is 0. The number of hydrogen-bond donors (Lipinski definition) is 3. The number of carbonyl (C=O) groups is 1. The van der Waals surface area contributed by atoms with Crippen LogP contribution in [0.2, 0.25) is 0 Å². The van der Waals surface area contributed by atoms with E-state index in [9.17, 15) is 9.90 Å². The molecule has 7 nitrogen and oxygen atoms in total. The van der Waals surface area contributed by atoms with E-state index in [1.807, 2.05) is 24.3 Å². The minimum atomic E-state index is -0.141. The zero-order chi connectivity index (χ0) is 32.5. The van der Waals surface area contributed by atoms with E-state index in [4.69, 9.17) is 9.47 Å². The summed E-state index contributed by atoms with van der Waals surface area (Å²) in [7, 11) is 3.35. The van der Waals surface area contributed by atoms with Gasteiger partial charge in [0, 0.05) is 12.0 Å². The molecule has 0 heterocycles. The summed E-state index contributed by atoms with van der Waals surface area (Å²) in [6, 6.07) is 16.2. The van der Waals surface area contributed by atoms with Gasteiger partial charge in [0.1, 0.15) is 11.5 Å². The molecule has 8 unspecified atom stereocenters. The largest absolute Gasteiger partial charge is 0.497 e. The van der Waals surface area contributed by atoms with Gasteiger partial charge in [-0.05, 0) is 128 Å². The topological polar surface area (TPSA) is 92.2 Å². The maximum Gasteiger partial charge on any atom is 0.254 e. The van der Waals surface area contributed by atoms with Crippen molar-refractivity contribution in [2.24, 2.45) is 33.7 Å². The Hall–Kier alpha value is -3.16. The molecule has 4 aliphatic carbocycles. The summed E-state index contributed by atoms with van der Waals surface area (Å²) < 4.78 is 10.8. The van der Waals surface area contributed by atoms with Crippen LogP contribution in [-0.2, 0) is 4.79 Å². The third-order valence-corrected chi connectivity index (χ3v) is 12.6. The molecule has 3 saturated carbocycles. The average Bonchev–Trinajstić information content (AvgIpc) is 3.39. The van der Waals surface area contributed by atoms with Gasteiger partial charge in [0.15, 0.2) is 0 Å². The molecule has 3 fully saturated rings. The lowest BCUT2D eigenvalue weighted by atomic mass is 9.47. The molecule has 0 bridgehead atoms. The van der Waals surface area contributed by atoms with Crippen LogP contribution in [0.15, 0.2) is 65.3 Å². The fourth-order valence-corrected chi connectivity index (χ4v) is 9.83. The van der Waals surface area contributed by atoms with E-state index in [-0.39, 0.29) is 41.3 Å². The Morgan fingerprint density at radius 2 is 1.59 bits per heavy atom. The van der Waals surface area contributed by atoms with Crippen molar-refractivity contribution >= 4 is 11.6 Å². The Morgan fingerprint density at radius 1 is 0.913 bits per heavy atom. The van der Waals surface area contributed by atoms with Crippen molar-refractivity contribution in [3.63, 3.8) is 0 Å². The van der Waals surface area contributed by atoms with Crippen LogP contribution in [0.5, 0.6) is 11.5 Å². The summed E-state index contributed by atoms with van der Waals surface area (Å²) in [6.45, 7) is 7.17. The summed E-state index contributed by atoms with van der Waals surface area (Å²) in [5, 5.41) is 19.0. The molecule has 46 heavy (non-hydrogen) atoms. The molecule has 2 aromatic rings. The highest BCUT2D eigenvalue weighted by atomic mass is 16.5. The lowest BCUT2D eigenvalue weighted by Crippen LogP contribution is -2.51. The summed E-state index contributed by atoms with van der Waals surface area (Å²) in [6.07, 6.45) is 11.8. The van der Waals surface area contributed by atoms with Crippen LogP contribution < -0.4 is 20.2 Å². The van der Waals surface area contributed by atoms with Gasteiger partial charge in [-0.2, -0.15) is 5.10 Å². The van der Waals surface area contributed by atoms with Crippen molar-refractivity contribution in [3.8, 4) is 11.5 Å². The SMILES string of the molecule is CCC(c1ccc(OC)cc1)C(NCC(=O)NN=C1C=C2CCC3C(CCC4(C)C(O)CCC34)C2(C)CC1)c1ccc(OC)cc1. The second-order valence-electron chi connectivity index (χ2n) is 14.7. The number of fused-ring (bicyclic) bond motifs is 5. The van der Waals surface area contributed by atoms with Crippen LogP contribution in [0.4, 0.5) is 0 Å². The summed E-state index contributed by atoms with van der Waals surface area (Å²) in [5.41, 5.74) is 7.96. The minimum Gasteiger partial charge on any atom is -0.497 e. The summed E-state index contributed by atoms with van der Waals surface area (Å²) in [4.78, 5) is 13.2. The number of rotatable bonds is 10. The predicted octanol–water partition coefficient (Wildman–Crippen LogP) is 7.32. The van der Waals surface area contributed by atoms with Crippen molar-refractivity contribution in [2.75, 3.05) is 20.8 Å². The van der Waals surface area contributed by atoms with Crippen molar-refractivity contribution in [1.29, 1.82) is 0 Å². The third kappa shape index (κ3) is 6.13. The number of nitrogens with one attached hydrogen (secondary N) is 2. The van der Waals surface area contributed by atoms with Crippen molar-refractivity contribution < 1.29 is 19.4 Å². The molecule has 1 amide bonds. The van der Waals surface area contributed by atoms with Crippen LogP contribution in [-0.4, -0.2) is 43.6 Å². The molecule has 6 rings (SSSR count). The van der Waals surface area contributed by atoms with Gasteiger partial charge in [-0.3, -0.25) is 4.79 Å². The molecule has 4 aliphatic rings. The van der Waals surface area contributed by atoms with Gasteiger partial charge in [-0.25, -0.2) is 5.43 Å². The van der Waals surface area contributed by atoms with Crippen LogP contribution in [0.1, 0.15) is 102 Å². The number of allylic oxidation sites excluding steroid dienone is 2. The van der Waals surface area contributed by atoms with Crippen molar-refractivity contribution in [2.45, 2.75) is 96.6 Å². The monoisotopic (exact) mass is 627 g/mol. The molecule has 8 atom stereocenters. The Kier molecular flexibility index (Phi) is 9.63. The molecule has 0 saturated heterocycles. The van der Waals surface area contributed by atoms with Crippen LogP contribution in [0.3, 0.4) is 0 Å². The number of ether oxygens (including phenoxy) is 2. The van der Waals surface area contributed by atoms with E-state index in [0.29, 0.717) is 17.8 Å². The van der Waals surface area contributed by atoms with E-state index in [2.05, 4.69) is 67.0 Å². The van der Waals surface area contributed by atoms with Gasteiger partial charge >= 0.3 is 0 Å². The van der Waals surface area contributed by atoms with E-state index >= 15 is 0 Å². The zero-order valence-electron chi connectivity index (χ0n) is 28.4. The number of nitrogens with zero attached hydrogens (tertiary/aromatic N) is 1. The van der Waals surface area contributed by atoms with Gasteiger partial charge in [0.2, 0.25) is 0 Å². The van der Waals surface area contributed by atoms with Gasteiger partial charge in [-0.1, -0.05) is 50.6 Å². The number of aliphatic hydroxyl groups is 1. The molecule has 248 valence electrons. The molecule has 0 radical (unpaired) electrons. The first-order chi connectivity index (χ1) is 22.2. The first kappa shape index (κ1) is 32.8.